The zero-order valence-electron chi connectivity index (χ0n) is 96.6. The minimum Gasteiger partial charge on any atom is -0.547 e. The topological polar surface area (TPSA) is 325 Å². The number of rotatable bonds is 32. The molecule has 6 fully saturated rings. The Morgan fingerprint density at radius 2 is 0.757 bits per heavy atom. The van der Waals surface area contributed by atoms with E-state index in [1.807, 2.05) is 33.8 Å². The summed E-state index contributed by atoms with van der Waals surface area (Å²) in [5, 5.41) is 15.5. The van der Waals surface area contributed by atoms with Gasteiger partial charge in [0.1, 0.15) is 108 Å². The Bertz CT molecular complexity index is 5400. The number of aromatic nitrogens is 2. The number of carboxylic acids is 1. The van der Waals surface area contributed by atoms with Crippen LogP contribution in [0.5, 0.6) is 17.2 Å². The number of halogens is 4. The second-order valence-electron chi connectivity index (χ2n) is 50.2. The third-order valence-corrected chi connectivity index (χ3v) is 38.3. The van der Waals surface area contributed by atoms with E-state index in [9.17, 15) is 43.1 Å². The van der Waals surface area contributed by atoms with E-state index in [0.29, 0.717) is 52.8 Å². The molecular formula is C111H171B3ClF3LiN5O22Si2. The summed E-state index contributed by atoms with van der Waals surface area (Å²) in [6.07, 6.45) is 8.45. The molecule has 0 spiro atoms. The summed E-state index contributed by atoms with van der Waals surface area (Å²) in [6, 6.07) is 12.9. The second-order valence-corrected chi connectivity index (χ2v) is 60.8. The molecule has 2 N–H and O–H groups in total. The van der Waals surface area contributed by atoms with Crippen molar-refractivity contribution in [1.29, 1.82) is 0 Å². The van der Waals surface area contributed by atoms with Crippen molar-refractivity contribution in [2.45, 2.75) is 417 Å². The molecule has 27 nitrogen and oxygen atoms in total. The first-order valence-electron chi connectivity index (χ1n) is 52.1. The van der Waals surface area contributed by atoms with Crippen molar-refractivity contribution in [1.82, 2.24) is 24.8 Å². The van der Waals surface area contributed by atoms with Gasteiger partial charge in [0.25, 0.3) is 0 Å². The number of Topliss-reactive ketones (excluding diaryl/α,β-unsaturated/α-hetero) is 1. The van der Waals surface area contributed by atoms with E-state index in [2.05, 4.69) is 154 Å². The molecule has 5 aromatic rings. The van der Waals surface area contributed by atoms with Crippen LogP contribution in [-0.4, -0.2) is 190 Å². The van der Waals surface area contributed by atoms with Crippen molar-refractivity contribution < 1.29 is 137 Å². The number of pyridine rings is 2. The summed E-state index contributed by atoms with van der Waals surface area (Å²) in [5.74, 6) is -3.87. The molecule has 3 aliphatic carbocycles. The molecular weight excluding hydrogens is 1940 g/mol. The number of ether oxygens (including phenoxy) is 8. The fourth-order valence-electron chi connectivity index (χ4n) is 22.8. The molecule has 17 atom stereocenters. The maximum Gasteiger partial charge on any atom is 1.00 e. The number of carboxylic acid groups (broad SMARTS) is 1. The van der Waals surface area contributed by atoms with Crippen molar-refractivity contribution in [3.8, 4) is 17.2 Å². The summed E-state index contributed by atoms with van der Waals surface area (Å²) in [4.78, 5) is 97.7. The molecule has 5 unspecified atom stereocenters. The number of aryl methyl sites for hydroxylation is 2. The Morgan fingerprint density at radius 3 is 1.05 bits per heavy atom. The molecule has 3 saturated heterocycles. The van der Waals surface area contributed by atoms with Crippen LogP contribution in [0.3, 0.4) is 0 Å². The van der Waals surface area contributed by atoms with Gasteiger partial charge in [-0.3, -0.25) is 14.8 Å². The Morgan fingerprint density at radius 1 is 0.459 bits per heavy atom. The number of alkyl halides is 1. The van der Waals surface area contributed by atoms with Crippen molar-refractivity contribution in [2.24, 2.45) is 51.8 Å². The predicted molar refractivity (Wildman–Crippen MR) is 572 cm³/mol. The summed E-state index contributed by atoms with van der Waals surface area (Å²) < 4.78 is 132. The minimum absolute atomic E-state index is 0. The summed E-state index contributed by atoms with van der Waals surface area (Å²) >= 11 is 6.80. The quantitative estimate of drug-likeness (QED) is 0.0175. The number of ketones is 1. The largest absolute Gasteiger partial charge is 1.00 e. The Kier molecular flexibility index (Phi) is 42.2. The summed E-state index contributed by atoms with van der Waals surface area (Å²) in [6.45, 7) is 77.0. The van der Waals surface area contributed by atoms with Crippen molar-refractivity contribution in [3.05, 3.63) is 146 Å². The van der Waals surface area contributed by atoms with Gasteiger partial charge in [0, 0.05) is 30.6 Å². The van der Waals surface area contributed by atoms with Gasteiger partial charge >= 0.3 is 70.3 Å². The van der Waals surface area contributed by atoms with Crippen LogP contribution in [0.1, 0.15) is 335 Å². The molecule has 3 aromatic carbocycles. The third-order valence-electron chi connectivity index (χ3n) is 30.4. The molecule has 3 aliphatic heterocycles. The maximum absolute atomic E-state index is 15.3. The number of benzene rings is 3. The zero-order chi connectivity index (χ0) is 111. The van der Waals surface area contributed by atoms with Crippen molar-refractivity contribution >= 4 is 91.3 Å². The molecule has 818 valence electrons. The first-order valence-corrected chi connectivity index (χ1v) is 59.4. The number of nitrogens with zero attached hydrogens (tertiary/aromatic N) is 3. The van der Waals surface area contributed by atoms with E-state index in [0.717, 1.165) is 48.8 Å². The van der Waals surface area contributed by atoms with Gasteiger partial charge in [-0.15, -0.1) is 11.6 Å². The van der Waals surface area contributed by atoms with E-state index >= 15 is 8.78 Å². The van der Waals surface area contributed by atoms with Gasteiger partial charge < -0.3 is 90.6 Å². The Labute approximate surface area is 900 Å². The number of amides is 2. The number of carbonyl (C=O) groups excluding carboxylic acids is 7. The van der Waals surface area contributed by atoms with Crippen LogP contribution < -0.4 is 48.8 Å². The van der Waals surface area contributed by atoms with Crippen LogP contribution in [0.25, 0.3) is 0 Å². The fourth-order valence-corrected chi connectivity index (χ4v) is 33.6. The first-order chi connectivity index (χ1) is 67.3. The molecule has 148 heavy (non-hydrogen) atoms. The summed E-state index contributed by atoms with van der Waals surface area (Å²) in [7, 11) is -1.54. The van der Waals surface area contributed by atoms with Gasteiger partial charge in [-0.2, -0.15) is 0 Å². The predicted octanol–water partition coefficient (Wildman–Crippen LogP) is 20.3. The molecule has 0 bridgehead atoms. The van der Waals surface area contributed by atoms with Crippen molar-refractivity contribution in [3.63, 3.8) is 0 Å². The second kappa shape index (κ2) is 49.1. The molecule has 37 heteroatoms. The number of carbonyl (C=O) groups is 7. The first kappa shape index (κ1) is 127. The van der Waals surface area contributed by atoms with E-state index in [1.54, 1.807) is 134 Å². The van der Waals surface area contributed by atoms with Crippen LogP contribution in [0.4, 0.5) is 22.8 Å². The van der Waals surface area contributed by atoms with E-state index in [-0.39, 0.29) is 130 Å². The molecule has 0 radical (unpaired) electrons. The van der Waals surface area contributed by atoms with Gasteiger partial charge in [0.15, 0.2) is 5.78 Å². The molecule has 2 aromatic heterocycles. The fraction of sp³-hybridized carbons (Fsp3) is 0.685. The number of nitrogens with one attached hydrogen (secondary N) is 2. The number of hydrogen-bond donors (Lipinski definition) is 2. The molecule has 11 rings (SSSR count). The minimum atomic E-state index is -1.92. The van der Waals surface area contributed by atoms with Crippen molar-refractivity contribution in [2.75, 3.05) is 21.3 Å². The standard InChI is InChI=1S/C40H58BFN2O8.C32H57BFNO5Si2.C26H39BClFO5.C13H18N2O4.Li/c1-14-26-20-31(39(26,10)11)40(12)24(3)51-41(52-40)27(19-25-16-17-28(42)32(34(25)48-13)35(46)49-37(4,5)6)21-30(45)33(29-18-15-23(2)22-43-29)44-36(47)50-38(7,8)9;1-16-23-20-25(31(23,6)7)32(8)21(2)39-33(40-32)26(35(41(10,11)12)42(13,14)15)19-22-17-18-24(34)27(28(22)37-9)29(36)38-30(3,4)5;1-10-17-14-19(25(17,6)7)26(8)15(2)33-27(34-26)20(28)13-16-11-12-18(29)21(22(16)31-9)23(30)32-24(3,4)5;1-8-5-6-9(14-7-8)10(11(16)17)15-12(18)19-13(2,3)4;/h15-18,22,24,26-27,31,33H,14,19-21H2,1-13H3,(H,44,47);17-18,21,23,25-26H,16,19-20H2,1-15H3;11-12,15,17,19-20H,10,13-14H2,1-9H3;5-7,10H,1-4H3,(H,15,18)(H,16,17);/q;;;;+1/p-1/t24?,26-,27-,31+,33?,40-;21?,23-,25+,26+,32-;15?,17-,19-,20+,26+;;/m110../s1. The van der Waals surface area contributed by atoms with Gasteiger partial charge in [0.05, 0.1) is 79.1 Å². The molecule has 6 aliphatic rings. The molecule has 2 amide bonds. The van der Waals surface area contributed by atoms with Crippen LogP contribution in [0.2, 0.25) is 45.1 Å². The molecule has 3 saturated carbocycles. The average molecular weight is 2120 g/mol. The number of alkyl carbamates (subject to hydrolysis) is 2. The number of esters is 3. The smallest absolute Gasteiger partial charge is 0.547 e. The van der Waals surface area contributed by atoms with Crippen LogP contribution >= 0.6 is 11.6 Å². The van der Waals surface area contributed by atoms with E-state index in [1.165, 1.54) is 64.3 Å². The molecule has 5 heterocycles. The normalized spacial score (nSPS) is 24.6. The van der Waals surface area contributed by atoms with E-state index in [4.69, 9.17) is 77.4 Å². The monoisotopic (exact) mass is 2110 g/mol. The number of methoxy groups -OCH3 is 3. The van der Waals surface area contributed by atoms with Gasteiger partial charge in [-0.1, -0.05) is 151 Å². The third kappa shape index (κ3) is 30.8. The van der Waals surface area contributed by atoms with Gasteiger partial charge in [0.2, 0.25) is 0 Å². The Balaban J connectivity index is 0.000000279. The van der Waals surface area contributed by atoms with Crippen LogP contribution in [0, 0.1) is 83.1 Å². The van der Waals surface area contributed by atoms with E-state index < -0.39 is 159 Å². The SMILES string of the molecule is CC[C@@H]1C[C@H]([C@]2(C)OB([C@@H](CC(=O)C(NC(=O)OC(C)(C)C)c3ccc(C)cn3)Cc3ccc(F)c(C(=O)OC(C)(C)C)c3OC)OC2C)C1(C)C.CC[C@@H]1C[C@H]([C@]2(C)OB([C@H](Cc3ccc(F)c(C(=O)OC(C)(C)C)c3OC)N([Si](C)(C)C)[Si](C)(C)C)OC2C)C1(C)C.CC[C@H]1C[C@H]([C@]2(C)OB([C@H](Cl)Cc3ccc(F)c(C(=O)OC(C)(C)C)c3OC)OC2C)C1(C)C.Cc1ccc(C(NC(=O)OC(C)(C)C)C(=O)[O-])nc1.[Li+]. The number of hydrogen-bond acceptors (Lipinski definition) is 25. The summed E-state index contributed by atoms with van der Waals surface area (Å²) in [5.41, 5.74) is -1.68. The maximum atomic E-state index is 15.3. The number of aliphatic carboxylic acids is 1. The van der Waals surface area contributed by atoms with Crippen LogP contribution in [-0.2, 0) is 80.5 Å². The zero-order valence-corrected chi connectivity index (χ0v) is 99.4. The average Bonchev–Trinajstić information content (AvgIpc) is 1.35. The van der Waals surface area contributed by atoms with Gasteiger partial charge in [-0.25, -0.2) is 37.1 Å². The Hall–Kier alpha value is -7.52. The van der Waals surface area contributed by atoms with Crippen LogP contribution in [0.15, 0.2) is 73.1 Å². The van der Waals surface area contributed by atoms with Gasteiger partial charge in [-0.05, 0) is 308 Å².